The van der Waals surface area contributed by atoms with Gasteiger partial charge in [0.05, 0.1) is 5.69 Å². The molecule has 0 spiro atoms. The number of benzene rings is 2. The number of rotatable bonds is 4. The van der Waals surface area contributed by atoms with E-state index in [0.29, 0.717) is 12.4 Å². The molecule has 1 N–H and O–H groups in total. The quantitative estimate of drug-likeness (QED) is 0.776. The fourth-order valence-corrected chi connectivity index (χ4v) is 2.48. The standard InChI is InChI=1S/C17H17NO2/c1-2-18-14(12-20-16-6-4-3-5-7-16)10-13-11-15(19)8-9-17(13)18/h3-11,19H,2,12H2,1H3. The highest BCUT2D eigenvalue weighted by Gasteiger charge is 2.08. The van der Waals surface area contributed by atoms with Gasteiger partial charge in [-0.1, -0.05) is 18.2 Å². The summed E-state index contributed by atoms with van der Waals surface area (Å²) in [4.78, 5) is 0. The number of nitrogens with zero attached hydrogens (tertiary/aromatic N) is 1. The van der Waals surface area contributed by atoms with Crippen molar-refractivity contribution in [2.24, 2.45) is 0 Å². The Morgan fingerprint density at radius 3 is 2.60 bits per heavy atom. The first-order valence-corrected chi connectivity index (χ1v) is 6.77. The second-order valence-electron chi connectivity index (χ2n) is 4.72. The van der Waals surface area contributed by atoms with Gasteiger partial charge in [-0.2, -0.15) is 0 Å². The summed E-state index contributed by atoms with van der Waals surface area (Å²) < 4.78 is 8.02. The number of aromatic hydroxyl groups is 1. The van der Waals surface area contributed by atoms with E-state index >= 15 is 0 Å². The summed E-state index contributed by atoms with van der Waals surface area (Å²) in [7, 11) is 0. The highest BCUT2D eigenvalue weighted by atomic mass is 16.5. The maximum Gasteiger partial charge on any atom is 0.128 e. The molecule has 3 heteroatoms. The first-order valence-electron chi connectivity index (χ1n) is 6.77. The van der Waals surface area contributed by atoms with E-state index in [0.717, 1.165) is 28.9 Å². The molecule has 102 valence electrons. The van der Waals surface area contributed by atoms with Crippen molar-refractivity contribution in [1.29, 1.82) is 0 Å². The molecule has 0 radical (unpaired) electrons. The highest BCUT2D eigenvalue weighted by Crippen LogP contribution is 2.25. The van der Waals surface area contributed by atoms with Crippen LogP contribution in [0.15, 0.2) is 54.6 Å². The molecular formula is C17H17NO2. The van der Waals surface area contributed by atoms with Crippen LogP contribution < -0.4 is 4.74 Å². The Morgan fingerprint density at radius 2 is 1.85 bits per heavy atom. The molecule has 1 heterocycles. The van der Waals surface area contributed by atoms with Crippen molar-refractivity contribution in [3.8, 4) is 11.5 Å². The van der Waals surface area contributed by atoms with E-state index in [9.17, 15) is 5.11 Å². The van der Waals surface area contributed by atoms with E-state index in [2.05, 4.69) is 17.6 Å². The van der Waals surface area contributed by atoms with Crippen LogP contribution in [0, 0.1) is 0 Å². The molecule has 2 aromatic carbocycles. The topological polar surface area (TPSA) is 34.4 Å². The minimum absolute atomic E-state index is 0.293. The first kappa shape index (κ1) is 12.6. The summed E-state index contributed by atoms with van der Waals surface area (Å²) in [6.07, 6.45) is 0. The Balaban J connectivity index is 1.91. The number of hydrogen-bond donors (Lipinski definition) is 1. The molecule has 0 unspecified atom stereocenters. The number of aromatic nitrogens is 1. The Labute approximate surface area is 118 Å². The summed E-state index contributed by atoms with van der Waals surface area (Å²) in [6, 6.07) is 17.3. The van der Waals surface area contributed by atoms with E-state index in [1.165, 1.54) is 0 Å². The molecule has 0 aliphatic heterocycles. The molecule has 3 nitrogen and oxygen atoms in total. The number of ether oxygens (including phenoxy) is 1. The molecule has 0 bridgehead atoms. The minimum atomic E-state index is 0.293. The predicted octanol–water partition coefficient (Wildman–Crippen LogP) is 3.95. The van der Waals surface area contributed by atoms with Gasteiger partial charge in [0.15, 0.2) is 0 Å². The van der Waals surface area contributed by atoms with Crippen molar-refractivity contribution in [3.05, 3.63) is 60.3 Å². The maximum atomic E-state index is 9.57. The van der Waals surface area contributed by atoms with Crippen LogP contribution in [0.4, 0.5) is 0 Å². The molecule has 0 atom stereocenters. The molecule has 0 aliphatic carbocycles. The number of fused-ring (bicyclic) bond motifs is 1. The van der Waals surface area contributed by atoms with Crippen LogP contribution in [-0.4, -0.2) is 9.67 Å². The van der Waals surface area contributed by atoms with E-state index in [-0.39, 0.29) is 0 Å². The van der Waals surface area contributed by atoms with Gasteiger partial charge >= 0.3 is 0 Å². The normalized spacial score (nSPS) is 10.8. The van der Waals surface area contributed by atoms with Gasteiger partial charge in [0, 0.05) is 17.4 Å². The summed E-state index contributed by atoms with van der Waals surface area (Å²) in [5.41, 5.74) is 2.23. The third-order valence-electron chi connectivity index (χ3n) is 3.42. The van der Waals surface area contributed by atoms with Gasteiger partial charge in [-0.3, -0.25) is 0 Å². The molecule has 3 rings (SSSR count). The smallest absolute Gasteiger partial charge is 0.128 e. The van der Waals surface area contributed by atoms with Gasteiger partial charge in [-0.15, -0.1) is 0 Å². The van der Waals surface area contributed by atoms with E-state index in [4.69, 9.17) is 4.74 Å². The average Bonchev–Trinajstić information content (AvgIpc) is 2.82. The van der Waals surface area contributed by atoms with Gasteiger partial charge < -0.3 is 14.4 Å². The minimum Gasteiger partial charge on any atom is -0.508 e. The Kier molecular flexibility index (Phi) is 3.33. The van der Waals surface area contributed by atoms with E-state index < -0.39 is 0 Å². The maximum absolute atomic E-state index is 9.57. The SMILES string of the molecule is CCn1c(COc2ccccc2)cc2cc(O)ccc21. The zero-order valence-corrected chi connectivity index (χ0v) is 11.4. The molecule has 20 heavy (non-hydrogen) atoms. The molecule has 0 saturated carbocycles. The fourth-order valence-electron chi connectivity index (χ4n) is 2.48. The monoisotopic (exact) mass is 267 g/mol. The second-order valence-corrected chi connectivity index (χ2v) is 4.72. The lowest BCUT2D eigenvalue weighted by Crippen LogP contribution is -2.04. The number of aryl methyl sites for hydroxylation is 1. The van der Waals surface area contributed by atoms with Crippen molar-refractivity contribution in [1.82, 2.24) is 4.57 Å². The van der Waals surface area contributed by atoms with Crippen molar-refractivity contribution in [2.75, 3.05) is 0 Å². The van der Waals surface area contributed by atoms with Crippen molar-refractivity contribution >= 4 is 10.9 Å². The number of phenolic OH excluding ortho intramolecular Hbond substituents is 1. The molecule has 0 aliphatic rings. The molecule has 3 aromatic rings. The molecule has 0 fully saturated rings. The van der Waals surface area contributed by atoms with Gasteiger partial charge in [0.1, 0.15) is 18.1 Å². The zero-order valence-electron chi connectivity index (χ0n) is 11.4. The number of phenols is 1. The third kappa shape index (κ3) is 2.35. The molecule has 0 amide bonds. The summed E-state index contributed by atoms with van der Waals surface area (Å²) in [6.45, 7) is 3.51. The van der Waals surface area contributed by atoms with Crippen LogP contribution in [0.25, 0.3) is 10.9 Å². The lowest BCUT2D eigenvalue weighted by Gasteiger charge is -2.09. The zero-order chi connectivity index (χ0) is 13.9. The van der Waals surface area contributed by atoms with Crippen molar-refractivity contribution in [2.45, 2.75) is 20.1 Å². The van der Waals surface area contributed by atoms with Gasteiger partial charge in [-0.05, 0) is 43.3 Å². The average molecular weight is 267 g/mol. The van der Waals surface area contributed by atoms with Crippen LogP contribution in [0.2, 0.25) is 0 Å². The lowest BCUT2D eigenvalue weighted by atomic mass is 10.2. The Morgan fingerprint density at radius 1 is 1.05 bits per heavy atom. The predicted molar refractivity (Wildman–Crippen MR) is 80.1 cm³/mol. The third-order valence-corrected chi connectivity index (χ3v) is 3.42. The lowest BCUT2D eigenvalue weighted by molar-refractivity contribution is 0.296. The van der Waals surface area contributed by atoms with E-state index in [1.54, 1.807) is 12.1 Å². The molecule has 0 saturated heterocycles. The van der Waals surface area contributed by atoms with Gasteiger partial charge in [-0.25, -0.2) is 0 Å². The summed E-state index contributed by atoms with van der Waals surface area (Å²) in [5, 5.41) is 10.6. The number of hydrogen-bond acceptors (Lipinski definition) is 2. The molecule has 1 aromatic heterocycles. The van der Waals surface area contributed by atoms with Crippen LogP contribution in [0.3, 0.4) is 0 Å². The second kappa shape index (κ2) is 5.29. The van der Waals surface area contributed by atoms with Crippen LogP contribution in [0.1, 0.15) is 12.6 Å². The van der Waals surface area contributed by atoms with Gasteiger partial charge in [0.2, 0.25) is 0 Å². The van der Waals surface area contributed by atoms with Crippen LogP contribution in [-0.2, 0) is 13.2 Å². The Hall–Kier alpha value is -2.42. The van der Waals surface area contributed by atoms with Crippen molar-refractivity contribution < 1.29 is 9.84 Å². The van der Waals surface area contributed by atoms with E-state index in [1.807, 2.05) is 36.4 Å². The summed E-state index contributed by atoms with van der Waals surface area (Å²) in [5.74, 6) is 1.16. The van der Waals surface area contributed by atoms with Crippen molar-refractivity contribution in [3.63, 3.8) is 0 Å². The first-order chi connectivity index (χ1) is 9.78. The Bertz CT molecular complexity index is 716. The van der Waals surface area contributed by atoms with Gasteiger partial charge in [0.25, 0.3) is 0 Å². The number of para-hydroxylation sites is 1. The molecular weight excluding hydrogens is 250 g/mol. The summed E-state index contributed by atoms with van der Waals surface area (Å²) >= 11 is 0. The largest absolute Gasteiger partial charge is 0.508 e. The van der Waals surface area contributed by atoms with Crippen LogP contribution in [0.5, 0.6) is 11.5 Å². The fraction of sp³-hybridized carbons (Fsp3) is 0.176. The van der Waals surface area contributed by atoms with Crippen LogP contribution >= 0.6 is 0 Å². The highest BCUT2D eigenvalue weighted by molar-refractivity contribution is 5.82.